The van der Waals surface area contributed by atoms with Gasteiger partial charge in [-0.2, -0.15) is 0 Å². The summed E-state index contributed by atoms with van der Waals surface area (Å²) in [7, 11) is 1.26. The number of ketones is 1. The lowest BCUT2D eigenvalue weighted by atomic mass is 10.0. The minimum absolute atomic E-state index is 0.0574. The number of Topliss-reactive ketones (excluding diaryl/α,β-unsaturated/α-hetero) is 1. The third-order valence-electron chi connectivity index (χ3n) is 3.77. The Balaban J connectivity index is 1.90. The molecule has 27 heavy (non-hydrogen) atoms. The van der Waals surface area contributed by atoms with Crippen molar-refractivity contribution in [2.75, 3.05) is 18.6 Å². The quantitative estimate of drug-likeness (QED) is 0.527. The Morgan fingerprint density at radius 3 is 2.33 bits per heavy atom. The van der Waals surface area contributed by atoms with Gasteiger partial charge in [-0.15, -0.1) is 11.8 Å². The van der Waals surface area contributed by atoms with Crippen LogP contribution in [0.1, 0.15) is 28.4 Å². The molecule has 0 radical (unpaired) electrons. The number of carbonyl (C=O) groups is 3. The first-order valence-electron chi connectivity index (χ1n) is 8.27. The lowest BCUT2D eigenvalue weighted by Crippen LogP contribution is -2.32. The summed E-state index contributed by atoms with van der Waals surface area (Å²) >= 11 is 1.19. The highest BCUT2D eigenvalue weighted by atomic mass is 32.2. The van der Waals surface area contributed by atoms with Gasteiger partial charge >= 0.3 is 5.97 Å². The summed E-state index contributed by atoms with van der Waals surface area (Å²) in [6, 6.07) is 13.8. The van der Waals surface area contributed by atoms with Gasteiger partial charge in [0.25, 0.3) is 0 Å². The van der Waals surface area contributed by atoms with Crippen LogP contribution in [-0.4, -0.2) is 36.3 Å². The number of thioether (sulfide) groups is 1. The van der Waals surface area contributed by atoms with E-state index in [4.69, 9.17) is 0 Å². The molecule has 7 heteroatoms. The largest absolute Gasteiger partial charge is 0.469 e. The molecule has 2 aromatic rings. The van der Waals surface area contributed by atoms with Gasteiger partial charge in [-0.3, -0.25) is 14.4 Å². The Kier molecular flexibility index (Phi) is 8.00. The van der Waals surface area contributed by atoms with E-state index in [0.29, 0.717) is 11.1 Å². The fourth-order valence-electron chi connectivity index (χ4n) is 2.38. The molecule has 0 heterocycles. The van der Waals surface area contributed by atoms with E-state index in [9.17, 15) is 18.8 Å². The second-order valence-corrected chi connectivity index (χ2v) is 6.72. The van der Waals surface area contributed by atoms with Crippen LogP contribution >= 0.6 is 11.8 Å². The van der Waals surface area contributed by atoms with Gasteiger partial charge in [0.05, 0.1) is 31.1 Å². The summed E-state index contributed by atoms with van der Waals surface area (Å²) in [5, 5.41) is 2.74. The lowest BCUT2D eigenvalue weighted by Gasteiger charge is -2.18. The fraction of sp³-hybridized carbons (Fsp3) is 0.250. The average Bonchev–Trinajstić information content (AvgIpc) is 2.68. The molecule has 0 aromatic heterocycles. The van der Waals surface area contributed by atoms with Crippen molar-refractivity contribution in [3.8, 4) is 0 Å². The average molecular weight is 389 g/mol. The maximum atomic E-state index is 13.1. The summed E-state index contributed by atoms with van der Waals surface area (Å²) in [5.74, 6) is -1.03. The molecule has 0 aliphatic rings. The standard InChI is InChI=1S/C20H20FNO4S/c1-26-20(25)11-17(14-7-9-16(21)10-8-14)22-19(24)13-27-12-18(23)15-5-3-2-4-6-15/h2-10,17H,11-13H2,1H3,(H,22,24). The first kappa shape index (κ1) is 20.6. The number of methoxy groups -OCH3 is 1. The van der Waals surface area contributed by atoms with E-state index < -0.39 is 17.8 Å². The minimum Gasteiger partial charge on any atom is -0.469 e. The second kappa shape index (κ2) is 10.5. The zero-order valence-electron chi connectivity index (χ0n) is 14.8. The Labute approximate surface area is 161 Å². The van der Waals surface area contributed by atoms with Crippen LogP contribution in [0, 0.1) is 5.82 Å². The molecular formula is C20H20FNO4S. The van der Waals surface area contributed by atoms with Crippen LogP contribution in [0.2, 0.25) is 0 Å². The van der Waals surface area contributed by atoms with Crippen molar-refractivity contribution < 1.29 is 23.5 Å². The number of nitrogens with one attached hydrogen (secondary N) is 1. The number of rotatable bonds is 9. The molecule has 0 bridgehead atoms. The summed E-state index contributed by atoms with van der Waals surface area (Å²) in [5.41, 5.74) is 1.20. The molecule has 1 amide bonds. The van der Waals surface area contributed by atoms with Crippen LogP contribution in [0.15, 0.2) is 54.6 Å². The smallest absolute Gasteiger partial charge is 0.307 e. The normalized spacial score (nSPS) is 11.5. The summed E-state index contributed by atoms with van der Waals surface area (Å²) in [4.78, 5) is 35.9. The van der Waals surface area contributed by atoms with E-state index in [1.807, 2.05) is 6.07 Å². The van der Waals surface area contributed by atoms with Crippen LogP contribution in [0.3, 0.4) is 0 Å². The highest BCUT2D eigenvalue weighted by molar-refractivity contribution is 8.00. The van der Waals surface area contributed by atoms with Crippen LogP contribution in [-0.2, 0) is 14.3 Å². The number of carbonyl (C=O) groups excluding carboxylic acids is 3. The minimum atomic E-state index is -0.629. The molecular weight excluding hydrogens is 369 g/mol. The van der Waals surface area contributed by atoms with Gasteiger partial charge in [0, 0.05) is 5.56 Å². The SMILES string of the molecule is COC(=O)CC(NC(=O)CSCC(=O)c1ccccc1)c1ccc(F)cc1. The second-order valence-electron chi connectivity index (χ2n) is 5.73. The molecule has 1 N–H and O–H groups in total. The van der Waals surface area contributed by atoms with Crippen LogP contribution < -0.4 is 5.32 Å². The molecule has 0 aliphatic carbocycles. The highest BCUT2D eigenvalue weighted by Crippen LogP contribution is 2.18. The maximum absolute atomic E-state index is 13.1. The molecule has 142 valence electrons. The number of amides is 1. The van der Waals surface area contributed by atoms with Gasteiger partial charge in [0.1, 0.15) is 5.82 Å². The Morgan fingerprint density at radius 1 is 1.04 bits per heavy atom. The van der Waals surface area contributed by atoms with E-state index in [1.54, 1.807) is 24.3 Å². The maximum Gasteiger partial charge on any atom is 0.307 e. The highest BCUT2D eigenvalue weighted by Gasteiger charge is 2.19. The third kappa shape index (κ3) is 6.86. The Morgan fingerprint density at radius 2 is 1.70 bits per heavy atom. The predicted octanol–water partition coefficient (Wildman–Crippen LogP) is 3.16. The van der Waals surface area contributed by atoms with E-state index in [1.165, 1.54) is 43.1 Å². The van der Waals surface area contributed by atoms with Crippen molar-refractivity contribution in [3.63, 3.8) is 0 Å². The first-order valence-corrected chi connectivity index (χ1v) is 9.42. The van der Waals surface area contributed by atoms with Gasteiger partial charge in [-0.25, -0.2) is 4.39 Å². The topological polar surface area (TPSA) is 72.5 Å². The van der Waals surface area contributed by atoms with E-state index in [2.05, 4.69) is 10.1 Å². The summed E-state index contributed by atoms with van der Waals surface area (Å²) in [6.07, 6.45) is -0.0680. The van der Waals surface area contributed by atoms with Gasteiger partial charge < -0.3 is 10.1 Å². The molecule has 0 spiro atoms. The predicted molar refractivity (Wildman–Crippen MR) is 102 cm³/mol. The van der Waals surface area contributed by atoms with Crippen molar-refractivity contribution in [1.82, 2.24) is 5.32 Å². The van der Waals surface area contributed by atoms with Crippen molar-refractivity contribution >= 4 is 29.4 Å². The van der Waals surface area contributed by atoms with Gasteiger partial charge in [0.15, 0.2) is 5.78 Å². The monoisotopic (exact) mass is 389 g/mol. The van der Waals surface area contributed by atoms with Crippen LogP contribution in [0.4, 0.5) is 4.39 Å². The molecule has 0 aliphatic heterocycles. The number of benzene rings is 2. The summed E-state index contributed by atoms with van der Waals surface area (Å²) < 4.78 is 17.8. The van der Waals surface area contributed by atoms with E-state index >= 15 is 0 Å². The lowest BCUT2D eigenvalue weighted by molar-refractivity contribution is -0.141. The fourth-order valence-corrected chi connectivity index (χ4v) is 3.10. The number of ether oxygens (including phenoxy) is 1. The zero-order chi connectivity index (χ0) is 19.6. The molecule has 0 fully saturated rings. The van der Waals surface area contributed by atoms with Gasteiger partial charge in [-0.1, -0.05) is 42.5 Å². The van der Waals surface area contributed by atoms with Gasteiger partial charge in [0.2, 0.25) is 5.91 Å². The summed E-state index contributed by atoms with van der Waals surface area (Å²) in [6.45, 7) is 0. The van der Waals surface area contributed by atoms with Crippen molar-refractivity contribution in [2.45, 2.75) is 12.5 Å². The molecule has 0 saturated heterocycles. The Bertz CT molecular complexity index is 780. The van der Waals surface area contributed by atoms with Crippen molar-refractivity contribution in [3.05, 3.63) is 71.5 Å². The molecule has 1 unspecified atom stereocenters. The zero-order valence-corrected chi connectivity index (χ0v) is 15.6. The molecule has 0 saturated carbocycles. The molecule has 5 nitrogen and oxygen atoms in total. The van der Waals surface area contributed by atoms with E-state index in [0.717, 1.165) is 0 Å². The number of esters is 1. The number of hydrogen-bond acceptors (Lipinski definition) is 5. The number of halogens is 1. The molecule has 1 atom stereocenters. The molecule has 2 rings (SSSR count). The van der Waals surface area contributed by atoms with Crippen LogP contribution in [0.25, 0.3) is 0 Å². The first-order chi connectivity index (χ1) is 13.0. The number of hydrogen-bond donors (Lipinski definition) is 1. The van der Waals surface area contributed by atoms with Gasteiger partial charge in [-0.05, 0) is 17.7 Å². The Hall–Kier alpha value is -2.67. The van der Waals surface area contributed by atoms with Crippen LogP contribution in [0.5, 0.6) is 0 Å². The van der Waals surface area contributed by atoms with E-state index in [-0.39, 0.29) is 29.6 Å². The third-order valence-corrected chi connectivity index (χ3v) is 4.70. The molecule has 2 aromatic carbocycles. The van der Waals surface area contributed by atoms with Crippen molar-refractivity contribution in [2.24, 2.45) is 0 Å². The van der Waals surface area contributed by atoms with Crippen molar-refractivity contribution in [1.29, 1.82) is 0 Å².